The van der Waals surface area contributed by atoms with E-state index >= 15 is 0 Å². The highest BCUT2D eigenvalue weighted by Crippen LogP contribution is 2.22. The minimum atomic E-state index is -0.600. The topological polar surface area (TPSA) is 26.0 Å². The van der Waals surface area contributed by atoms with Crippen LogP contribution in [0.15, 0.2) is 16.8 Å². The van der Waals surface area contributed by atoms with Gasteiger partial charge in [0.05, 0.1) is 6.20 Å². The number of nitrogens with zero attached hydrogens (tertiary/aromatic N) is 1. The third-order valence-electron chi connectivity index (χ3n) is 0.673. The molecular formula is C4H3Cl2NO. The van der Waals surface area contributed by atoms with Gasteiger partial charge in [0.25, 0.3) is 0 Å². The summed E-state index contributed by atoms with van der Waals surface area (Å²) in [5.74, 6) is 0.480. The molecule has 0 spiro atoms. The van der Waals surface area contributed by atoms with Crippen LogP contribution in [-0.4, -0.2) is 5.16 Å². The fourth-order valence-corrected chi connectivity index (χ4v) is 0.563. The number of rotatable bonds is 1. The zero-order valence-corrected chi connectivity index (χ0v) is 5.36. The van der Waals surface area contributed by atoms with Crippen LogP contribution in [0.2, 0.25) is 0 Å². The van der Waals surface area contributed by atoms with E-state index in [0.29, 0.717) is 5.76 Å². The number of halogens is 2. The van der Waals surface area contributed by atoms with Crippen molar-refractivity contribution >= 4 is 23.2 Å². The SMILES string of the molecule is ClC(Cl)c1ccno1. The molecule has 1 heterocycles. The van der Waals surface area contributed by atoms with Gasteiger partial charge in [-0.3, -0.25) is 0 Å². The van der Waals surface area contributed by atoms with E-state index in [1.807, 2.05) is 0 Å². The Hall–Kier alpha value is -0.210. The fraction of sp³-hybridized carbons (Fsp3) is 0.250. The van der Waals surface area contributed by atoms with Gasteiger partial charge in [0, 0.05) is 6.07 Å². The van der Waals surface area contributed by atoms with Crippen molar-refractivity contribution in [3.8, 4) is 0 Å². The van der Waals surface area contributed by atoms with Crippen LogP contribution in [0.4, 0.5) is 0 Å². The molecule has 0 bridgehead atoms. The van der Waals surface area contributed by atoms with Gasteiger partial charge >= 0.3 is 0 Å². The van der Waals surface area contributed by atoms with Crippen molar-refractivity contribution in [1.82, 2.24) is 5.16 Å². The van der Waals surface area contributed by atoms with E-state index in [1.165, 1.54) is 6.20 Å². The quantitative estimate of drug-likeness (QED) is 0.576. The number of aromatic nitrogens is 1. The van der Waals surface area contributed by atoms with Crippen molar-refractivity contribution in [3.05, 3.63) is 18.0 Å². The first kappa shape index (κ1) is 5.92. The average molecular weight is 152 g/mol. The van der Waals surface area contributed by atoms with Crippen molar-refractivity contribution < 1.29 is 4.52 Å². The van der Waals surface area contributed by atoms with Crippen molar-refractivity contribution in [1.29, 1.82) is 0 Å². The maximum absolute atomic E-state index is 5.38. The molecule has 0 atom stereocenters. The first-order chi connectivity index (χ1) is 3.80. The lowest BCUT2D eigenvalue weighted by Gasteiger charge is -1.87. The van der Waals surface area contributed by atoms with Crippen LogP contribution >= 0.6 is 23.2 Å². The number of hydrogen-bond acceptors (Lipinski definition) is 2. The fourth-order valence-electron chi connectivity index (χ4n) is 0.338. The van der Waals surface area contributed by atoms with Gasteiger partial charge in [0.15, 0.2) is 10.6 Å². The highest BCUT2D eigenvalue weighted by molar-refractivity contribution is 6.43. The summed E-state index contributed by atoms with van der Waals surface area (Å²) in [5.41, 5.74) is 0. The lowest BCUT2D eigenvalue weighted by Crippen LogP contribution is -1.71. The van der Waals surface area contributed by atoms with Gasteiger partial charge < -0.3 is 4.52 Å². The Kier molecular flexibility index (Phi) is 1.76. The lowest BCUT2D eigenvalue weighted by molar-refractivity contribution is 0.392. The summed E-state index contributed by atoms with van der Waals surface area (Å²) < 4.78 is 4.58. The average Bonchev–Trinajstić information content (AvgIpc) is 2.12. The van der Waals surface area contributed by atoms with Crippen LogP contribution in [0.25, 0.3) is 0 Å². The second kappa shape index (κ2) is 2.37. The molecule has 4 heteroatoms. The predicted molar refractivity (Wildman–Crippen MR) is 30.9 cm³/mol. The maximum Gasteiger partial charge on any atom is 0.169 e. The summed E-state index contributed by atoms with van der Waals surface area (Å²) in [4.78, 5) is -0.600. The molecule has 0 saturated carbocycles. The molecule has 1 aromatic rings. The Morgan fingerprint density at radius 1 is 1.62 bits per heavy atom. The Morgan fingerprint density at radius 2 is 2.38 bits per heavy atom. The van der Waals surface area contributed by atoms with Crippen LogP contribution in [0.3, 0.4) is 0 Å². The highest BCUT2D eigenvalue weighted by Gasteiger charge is 2.04. The summed E-state index contributed by atoms with van der Waals surface area (Å²) in [6, 6.07) is 1.62. The minimum absolute atomic E-state index is 0.480. The van der Waals surface area contributed by atoms with Crippen LogP contribution in [0, 0.1) is 0 Å². The molecule has 0 aliphatic rings. The molecule has 0 amide bonds. The van der Waals surface area contributed by atoms with E-state index in [9.17, 15) is 0 Å². The van der Waals surface area contributed by atoms with Gasteiger partial charge in [-0.15, -0.1) is 0 Å². The number of alkyl halides is 2. The third-order valence-corrected chi connectivity index (χ3v) is 1.10. The van der Waals surface area contributed by atoms with E-state index in [1.54, 1.807) is 6.07 Å². The molecule has 2 nitrogen and oxygen atoms in total. The molecule has 1 aromatic heterocycles. The van der Waals surface area contributed by atoms with Crippen LogP contribution in [0.5, 0.6) is 0 Å². The predicted octanol–water partition coefficient (Wildman–Crippen LogP) is 2.15. The zero-order chi connectivity index (χ0) is 5.98. The van der Waals surface area contributed by atoms with Crippen molar-refractivity contribution in [2.45, 2.75) is 4.84 Å². The van der Waals surface area contributed by atoms with Crippen LogP contribution < -0.4 is 0 Å². The van der Waals surface area contributed by atoms with Crippen LogP contribution in [0.1, 0.15) is 10.6 Å². The van der Waals surface area contributed by atoms with E-state index < -0.39 is 4.84 Å². The van der Waals surface area contributed by atoms with Crippen LogP contribution in [-0.2, 0) is 0 Å². The Morgan fingerprint density at radius 3 is 2.62 bits per heavy atom. The van der Waals surface area contributed by atoms with E-state index in [4.69, 9.17) is 23.2 Å². The minimum Gasteiger partial charge on any atom is -0.358 e. The summed E-state index contributed by atoms with van der Waals surface area (Å²) in [6.07, 6.45) is 1.49. The standard InChI is InChI=1S/C4H3Cl2NO/c5-4(6)3-1-2-7-8-3/h1-2,4H. The van der Waals surface area contributed by atoms with Crippen molar-refractivity contribution in [2.24, 2.45) is 0 Å². The summed E-state index contributed by atoms with van der Waals surface area (Å²) >= 11 is 10.8. The molecule has 0 aliphatic heterocycles. The molecule has 0 saturated heterocycles. The Labute approximate surface area is 56.4 Å². The molecule has 0 aromatic carbocycles. The molecule has 8 heavy (non-hydrogen) atoms. The highest BCUT2D eigenvalue weighted by atomic mass is 35.5. The molecule has 0 fully saturated rings. The second-order valence-electron chi connectivity index (χ2n) is 1.22. The van der Waals surface area contributed by atoms with Gasteiger partial charge in [-0.2, -0.15) is 0 Å². The molecule has 0 aliphatic carbocycles. The van der Waals surface area contributed by atoms with Gasteiger partial charge in [-0.05, 0) is 0 Å². The molecule has 1 rings (SSSR count). The molecular weight excluding hydrogens is 149 g/mol. The monoisotopic (exact) mass is 151 g/mol. The Balaban J connectivity index is 2.77. The molecule has 0 radical (unpaired) electrons. The summed E-state index contributed by atoms with van der Waals surface area (Å²) in [5, 5.41) is 3.40. The lowest BCUT2D eigenvalue weighted by atomic mass is 10.5. The van der Waals surface area contributed by atoms with E-state index in [2.05, 4.69) is 9.68 Å². The first-order valence-corrected chi connectivity index (χ1v) is 2.86. The maximum atomic E-state index is 5.38. The second-order valence-corrected chi connectivity index (χ2v) is 2.31. The molecule has 0 N–H and O–H groups in total. The van der Waals surface area contributed by atoms with Crippen molar-refractivity contribution in [3.63, 3.8) is 0 Å². The van der Waals surface area contributed by atoms with Gasteiger partial charge in [0.2, 0.25) is 0 Å². The number of hydrogen-bond donors (Lipinski definition) is 0. The van der Waals surface area contributed by atoms with Gasteiger partial charge in [-0.1, -0.05) is 28.4 Å². The van der Waals surface area contributed by atoms with Crippen molar-refractivity contribution in [2.75, 3.05) is 0 Å². The smallest absolute Gasteiger partial charge is 0.169 e. The van der Waals surface area contributed by atoms with E-state index in [0.717, 1.165) is 0 Å². The normalized spacial score (nSPS) is 10.4. The molecule has 0 unspecified atom stereocenters. The Bertz CT molecular complexity index is 149. The summed E-state index contributed by atoms with van der Waals surface area (Å²) in [6.45, 7) is 0. The largest absolute Gasteiger partial charge is 0.358 e. The summed E-state index contributed by atoms with van der Waals surface area (Å²) in [7, 11) is 0. The molecule has 44 valence electrons. The third kappa shape index (κ3) is 1.14. The van der Waals surface area contributed by atoms with E-state index in [-0.39, 0.29) is 0 Å². The first-order valence-electron chi connectivity index (χ1n) is 1.99. The van der Waals surface area contributed by atoms with Gasteiger partial charge in [-0.25, -0.2) is 0 Å². The zero-order valence-electron chi connectivity index (χ0n) is 3.84. The van der Waals surface area contributed by atoms with Gasteiger partial charge in [0.1, 0.15) is 0 Å².